The highest BCUT2D eigenvalue weighted by molar-refractivity contribution is 7.48. The molecule has 0 saturated carbocycles. The fourth-order valence-corrected chi connectivity index (χ4v) is 6.35. The molecule has 0 radical (unpaired) electrons. The van der Waals surface area contributed by atoms with Crippen molar-refractivity contribution >= 4 is 25.1 Å². The summed E-state index contributed by atoms with van der Waals surface area (Å²) in [4.78, 5) is 0. The Bertz CT molecular complexity index is 842. The summed E-state index contributed by atoms with van der Waals surface area (Å²) in [5.74, 6) is 0.604. The van der Waals surface area contributed by atoms with Crippen LogP contribution in [0.3, 0.4) is 0 Å². The Kier molecular flexibility index (Phi) is 10.3. The Morgan fingerprint density at radius 1 is 1.09 bits per heavy atom. The van der Waals surface area contributed by atoms with Crippen LogP contribution in [0.4, 0.5) is 0 Å². The van der Waals surface area contributed by atoms with Crippen molar-refractivity contribution in [3.63, 3.8) is 0 Å². The van der Waals surface area contributed by atoms with Crippen LogP contribution < -0.4 is 4.74 Å². The van der Waals surface area contributed by atoms with E-state index in [1.54, 1.807) is 0 Å². The molecule has 34 heavy (non-hydrogen) atoms. The normalized spacial score (nSPS) is 20.8. The third-order valence-electron chi connectivity index (χ3n) is 5.49. The molecule has 1 aromatic heterocycles. The van der Waals surface area contributed by atoms with Crippen LogP contribution in [0.1, 0.15) is 93.2 Å². The molecule has 1 aliphatic rings. The molecule has 0 bridgehead atoms. The molecule has 0 fully saturated rings. The molecule has 0 aromatic carbocycles. The summed E-state index contributed by atoms with van der Waals surface area (Å²) in [6.45, 7) is 17.3. The lowest BCUT2D eigenvalue weighted by Gasteiger charge is -2.43. The minimum absolute atomic E-state index is 0.427. The molecule has 2 heterocycles. The van der Waals surface area contributed by atoms with Crippen LogP contribution in [0.5, 0.6) is 5.88 Å². The van der Waals surface area contributed by atoms with Gasteiger partial charge in [0.15, 0.2) is 0 Å². The summed E-state index contributed by atoms with van der Waals surface area (Å²) in [7, 11) is -1.73. The monoisotopic (exact) mass is 518 g/mol. The van der Waals surface area contributed by atoms with Crippen LogP contribution in [0.2, 0.25) is 0 Å². The minimum atomic E-state index is -3.83. The first-order valence-corrected chi connectivity index (χ1v) is 14.5. The van der Waals surface area contributed by atoms with Crippen molar-refractivity contribution in [3.05, 3.63) is 11.8 Å². The zero-order valence-electron chi connectivity index (χ0n) is 22.5. The van der Waals surface area contributed by atoms with Gasteiger partial charge in [-0.3, -0.25) is 13.5 Å². The number of hydrogen-bond donors (Lipinski definition) is 0. The van der Waals surface area contributed by atoms with Gasteiger partial charge in [-0.1, -0.05) is 32.3 Å². The third kappa shape index (κ3) is 9.32. The number of phosphoric ester groups is 1. The van der Waals surface area contributed by atoms with Crippen molar-refractivity contribution in [2.24, 2.45) is 0 Å². The van der Waals surface area contributed by atoms with Gasteiger partial charge in [-0.2, -0.15) is 4.37 Å². The Hall–Kier alpha value is -0.830. The maximum absolute atomic E-state index is 13.7. The first-order chi connectivity index (χ1) is 15.7. The third-order valence-corrected chi connectivity index (χ3v) is 8.11. The van der Waals surface area contributed by atoms with Gasteiger partial charge in [0, 0.05) is 18.9 Å². The number of nitrogens with zero attached hydrogens (tertiary/aromatic N) is 3. The van der Waals surface area contributed by atoms with Crippen molar-refractivity contribution in [1.29, 1.82) is 0 Å². The summed E-state index contributed by atoms with van der Waals surface area (Å²) >= 11 is 1.17. The van der Waals surface area contributed by atoms with E-state index in [1.807, 2.05) is 48.5 Å². The molecule has 0 N–H and O–H groups in total. The smallest absolute Gasteiger partial charge is 0.475 e. The number of ether oxygens (including phenoxy) is 1. The molecule has 2 atom stereocenters. The average Bonchev–Trinajstić information content (AvgIpc) is 3.13. The lowest BCUT2D eigenvalue weighted by atomic mass is 10.0. The fourth-order valence-electron chi connectivity index (χ4n) is 3.75. The SMILES string of the molecule is CCCCCCOc1nsnc1C1=CCC[N+](C)([C@H](C)OP(=O)(OC(C)(C)C)OC(C)(C)C)C1. The first-order valence-electron chi connectivity index (χ1n) is 12.4. The van der Waals surface area contributed by atoms with E-state index in [4.69, 9.17) is 18.3 Å². The molecule has 1 unspecified atom stereocenters. The predicted molar refractivity (Wildman–Crippen MR) is 138 cm³/mol. The molecule has 196 valence electrons. The summed E-state index contributed by atoms with van der Waals surface area (Å²) in [5, 5.41) is 0. The number of quaternary nitrogens is 1. The van der Waals surface area contributed by atoms with Crippen LogP contribution in [0.25, 0.3) is 5.57 Å². The van der Waals surface area contributed by atoms with Crippen molar-refractivity contribution < 1.29 is 27.4 Å². The van der Waals surface area contributed by atoms with Crippen molar-refractivity contribution in [2.45, 2.75) is 105 Å². The predicted octanol–water partition coefficient (Wildman–Crippen LogP) is 6.83. The maximum atomic E-state index is 13.7. The van der Waals surface area contributed by atoms with Gasteiger partial charge >= 0.3 is 7.82 Å². The lowest BCUT2D eigenvalue weighted by molar-refractivity contribution is -0.943. The van der Waals surface area contributed by atoms with Crippen molar-refractivity contribution in [3.8, 4) is 5.88 Å². The summed E-state index contributed by atoms with van der Waals surface area (Å²) in [5.41, 5.74) is 0.519. The lowest BCUT2D eigenvalue weighted by Crippen LogP contribution is -2.54. The molecule has 0 aliphatic carbocycles. The number of rotatable bonds is 12. The topological polar surface area (TPSA) is 79.8 Å². The number of aromatic nitrogens is 2. The zero-order valence-corrected chi connectivity index (χ0v) is 24.3. The summed E-state index contributed by atoms with van der Waals surface area (Å²) < 4.78 is 46.9. The minimum Gasteiger partial charge on any atom is -0.475 e. The van der Waals surface area contributed by atoms with E-state index in [0.29, 0.717) is 23.5 Å². The zero-order chi connectivity index (χ0) is 25.6. The summed E-state index contributed by atoms with van der Waals surface area (Å²) in [6, 6.07) is 0. The maximum Gasteiger partial charge on any atom is 0.480 e. The van der Waals surface area contributed by atoms with E-state index in [1.165, 1.54) is 24.6 Å². The fraction of sp³-hybridized carbons (Fsp3) is 0.833. The largest absolute Gasteiger partial charge is 0.480 e. The van der Waals surface area contributed by atoms with Gasteiger partial charge in [0.1, 0.15) is 12.2 Å². The van der Waals surface area contributed by atoms with E-state index >= 15 is 0 Å². The van der Waals surface area contributed by atoms with Crippen LogP contribution in [-0.2, 0) is 18.1 Å². The Morgan fingerprint density at radius 3 is 2.32 bits per heavy atom. The molecule has 8 nitrogen and oxygen atoms in total. The van der Waals surface area contributed by atoms with Crippen LogP contribution in [0.15, 0.2) is 6.08 Å². The molecule has 0 saturated heterocycles. The van der Waals surface area contributed by atoms with E-state index in [0.717, 1.165) is 37.1 Å². The van der Waals surface area contributed by atoms with Gasteiger partial charge in [-0.05, 0) is 48.0 Å². The van der Waals surface area contributed by atoms with Gasteiger partial charge < -0.3 is 4.74 Å². The highest BCUT2D eigenvalue weighted by atomic mass is 32.1. The Balaban J connectivity index is 2.13. The average molecular weight is 519 g/mol. The van der Waals surface area contributed by atoms with E-state index in [9.17, 15) is 4.57 Å². The van der Waals surface area contributed by atoms with Gasteiger partial charge in [-0.15, -0.1) is 4.37 Å². The number of likely N-dealkylation sites (N-methyl/N-ethyl adjacent to an activating group) is 1. The van der Waals surface area contributed by atoms with Crippen molar-refractivity contribution in [2.75, 3.05) is 26.7 Å². The first kappa shape index (κ1) is 29.4. The van der Waals surface area contributed by atoms with Crippen LogP contribution >= 0.6 is 19.6 Å². The molecular weight excluding hydrogens is 473 g/mol. The number of hydrogen-bond acceptors (Lipinski definition) is 8. The van der Waals surface area contributed by atoms with E-state index in [2.05, 4.69) is 28.8 Å². The second-order valence-corrected chi connectivity index (χ2v) is 13.3. The standard InChI is InChI=1S/C24H45N3O5PS/c1-10-11-12-13-17-29-22-21(25-34-26-22)20-15-14-16-27(9,18-20)19(2)30-33(28,31-23(3,4)5)32-24(6,7)8/h15,19H,10-14,16-18H2,1-9H3/q+1/t19-,27?/m0/s1. The molecule has 0 spiro atoms. The quantitative estimate of drug-likeness (QED) is 0.170. The molecule has 1 aromatic rings. The van der Waals surface area contributed by atoms with Crippen LogP contribution in [-0.4, -0.2) is 57.4 Å². The van der Waals surface area contributed by atoms with E-state index < -0.39 is 25.3 Å². The second-order valence-electron chi connectivity index (χ2n) is 11.3. The van der Waals surface area contributed by atoms with Gasteiger partial charge in [0.25, 0.3) is 5.88 Å². The van der Waals surface area contributed by atoms with Gasteiger partial charge in [-0.25, -0.2) is 9.09 Å². The van der Waals surface area contributed by atoms with E-state index in [-0.39, 0.29) is 0 Å². The molecule has 2 rings (SSSR count). The van der Waals surface area contributed by atoms with Crippen molar-refractivity contribution in [1.82, 2.24) is 8.75 Å². The molecule has 10 heteroatoms. The second kappa shape index (κ2) is 11.9. The molecule has 0 amide bonds. The Morgan fingerprint density at radius 2 is 1.74 bits per heavy atom. The van der Waals surface area contributed by atoms with Crippen LogP contribution in [0, 0.1) is 0 Å². The summed E-state index contributed by atoms with van der Waals surface area (Å²) in [6.07, 6.45) is 7.20. The molecule has 1 aliphatic heterocycles. The van der Waals surface area contributed by atoms with Gasteiger partial charge in [0.2, 0.25) is 6.23 Å². The Labute approximate surface area is 210 Å². The van der Waals surface area contributed by atoms with Gasteiger partial charge in [0.05, 0.1) is 43.1 Å². The highest BCUT2D eigenvalue weighted by Gasteiger charge is 2.44. The highest BCUT2D eigenvalue weighted by Crippen LogP contribution is 2.57. The number of unbranched alkanes of at least 4 members (excludes halogenated alkanes) is 3. The number of phosphoric acid groups is 1. The molecular formula is C24H45N3O5PS+.